The number of hydrogen-bond donors (Lipinski definition) is 9. The third kappa shape index (κ3) is 12.3. The fourth-order valence-corrected chi connectivity index (χ4v) is 15.8. The van der Waals surface area contributed by atoms with Crippen LogP contribution in [-0.2, 0) is 33.8 Å². The number of hydrogen-bond acceptors (Lipinski definition) is 23. The number of aliphatic hydroxyl groups is 6. The van der Waals surface area contributed by atoms with Crippen LogP contribution in [0, 0.1) is 11.8 Å². The molecule has 6 aliphatic rings. The minimum atomic E-state index is -3.51. The fraction of sp³-hybridized carbons (Fsp3) is 0.451. The molecule has 15 rings (SSSR count). The number of aliphatic imine (C=N–C) groups is 3. The number of fused-ring (bicyclic) bond motifs is 6. The number of anilines is 3. The van der Waals surface area contributed by atoms with E-state index in [0.29, 0.717) is 89.7 Å². The van der Waals surface area contributed by atoms with Crippen LogP contribution in [0.2, 0.25) is 0 Å². The lowest BCUT2D eigenvalue weighted by Gasteiger charge is -2.31. The molecule has 3 aromatic carbocycles. The molecule has 516 valence electrons. The van der Waals surface area contributed by atoms with E-state index in [2.05, 4.69) is 47.0 Å². The van der Waals surface area contributed by atoms with E-state index in [1.807, 2.05) is 112 Å². The second-order valence-corrected chi connectivity index (χ2v) is 30.6. The van der Waals surface area contributed by atoms with Gasteiger partial charge in [0.25, 0.3) is 0 Å². The van der Waals surface area contributed by atoms with Gasteiger partial charge < -0.3 is 75.8 Å². The van der Waals surface area contributed by atoms with E-state index in [4.69, 9.17) is 41.4 Å². The van der Waals surface area contributed by atoms with E-state index in [-0.39, 0.29) is 28.8 Å². The van der Waals surface area contributed by atoms with Crippen LogP contribution in [-0.4, -0.2) is 158 Å². The van der Waals surface area contributed by atoms with Gasteiger partial charge in [-0.1, -0.05) is 18.2 Å². The van der Waals surface area contributed by atoms with Gasteiger partial charge in [0.15, 0.2) is 16.1 Å². The number of benzene rings is 3. The Bertz CT molecular complexity index is 4570. The molecule has 0 spiro atoms. The molecule has 3 fully saturated rings. The molecule has 1 saturated heterocycles. The molecule has 10 heterocycles. The Kier molecular flexibility index (Phi) is 17.8. The molecule has 0 bridgehead atoms. The Morgan fingerprint density at radius 2 is 0.878 bits per heavy atom. The molecule has 12 atom stereocenters. The standard InChI is InChI=1S/C24H29N5O4S.C24H29N5O3.C23H27N5O4/c1-13-24(2,3)34(32,33)19-7-5-14(10-17(19)28-13)4-6-15-11-18(21(31)20(15)30)29-9-8-16-22(25)26-12-27-23(16)29;1-13-24(2,3)32-19-7-5-14(10-17(19)28-13)4-6-15-11-18(21(31)20(15)30)29-9-8-16-22(25)26-12-27-23(16)29;1-12-23(2,3)32-16-6-4-13(10-15(16)27-12)5-7-17-18(29)19(30)22(31-17)28-9-8-14-20(24)25-11-26-21(14)28/h5,7-10,12,15,18,20-21,30-31H,4,6,11H2,1-3H3,(H2,25,26,27);5,7-10,12,15,18,20-21,30-31H,4,6,11H2,1-3H3,(H2,25,26,27);4,6,8-11,17-19,22,29-30H,5,7H2,1-3H3,(H2,24,25,26)/t2*15-,18+,20+,21-;17-,18-,19-,22-/m001/s1. The molecule has 0 radical (unpaired) electrons. The molecule has 12 N–H and O–H groups in total. The summed E-state index contributed by atoms with van der Waals surface area (Å²) in [4.78, 5) is 39.2. The average Bonchev–Trinajstić information content (AvgIpc) is 1.53. The summed E-state index contributed by atoms with van der Waals surface area (Å²) in [6.45, 7) is 17.1. The predicted octanol–water partition coefficient (Wildman–Crippen LogP) is 8.31. The maximum atomic E-state index is 13.0. The molecule has 98 heavy (non-hydrogen) atoms. The van der Waals surface area contributed by atoms with Crippen molar-refractivity contribution < 1.29 is 53.3 Å². The number of ether oxygens (including phenoxy) is 3. The number of sulfone groups is 1. The Morgan fingerprint density at radius 3 is 1.34 bits per heavy atom. The summed E-state index contributed by atoms with van der Waals surface area (Å²) in [6.07, 6.45) is 8.05. The van der Waals surface area contributed by atoms with E-state index >= 15 is 0 Å². The highest BCUT2D eigenvalue weighted by Gasteiger charge is 2.47. The lowest BCUT2D eigenvalue weighted by atomic mass is 9.95. The van der Waals surface area contributed by atoms with Crippen molar-refractivity contribution in [3.8, 4) is 11.5 Å². The molecule has 27 heteroatoms. The van der Waals surface area contributed by atoms with Crippen molar-refractivity contribution in [2.45, 2.75) is 196 Å². The predicted molar refractivity (Wildman–Crippen MR) is 373 cm³/mol. The second-order valence-electron chi connectivity index (χ2n) is 28.1. The van der Waals surface area contributed by atoms with Crippen LogP contribution in [0.1, 0.15) is 129 Å². The Balaban J connectivity index is 0.000000132. The zero-order chi connectivity index (χ0) is 69.7. The molecule has 2 saturated carbocycles. The molecule has 0 amide bonds. The number of aryl methyl sites for hydroxylation is 3. The molecule has 6 aromatic heterocycles. The van der Waals surface area contributed by atoms with Gasteiger partial charge in [-0.3, -0.25) is 15.0 Å². The first-order valence-corrected chi connectivity index (χ1v) is 34.6. The topological polar surface area (TPSA) is 390 Å². The van der Waals surface area contributed by atoms with Crippen LogP contribution in [0.4, 0.5) is 34.5 Å². The molecule has 2 aliphatic carbocycles. The Morgan fingerprint density at radius 1 is 0.480 bits per heavy atom. The van der Waals surface area contributed by atoms with Gasteiger partial charge in [-0.15, -0.1) is 0 Å². The van der Waals surface area contributed by atoms with Gasteiger partial charge in [0.2, 0.25) is 0 Å². The van der Waals surface area contributed by atoms with E-state index in [9.17, 15) is 39.1 Å². The van der Waals surface area contributed by atoms with Crippen LogP contribution in [0.15, 0.2) is 130 Å². The van der Waals surface area contributed by atoms with Crippen molar-refractivity contribution in [1.29, 1.82) is 0 Å². The number of nitrogens with two attached hydrogens (primary N) is 3. The van der Waals surface area contributed by atoms with Crippen molar-refractivity contribution in [3.05, 3.63) is 127 Å². The van der Waals surface area contributed by atoms with E-state index in [1.165, 1.54) is 19.0 Å². The third-order valence-electron chi connectivity index (χ3n) is 21.1. The first-order chi connectivity index (χ1) is 46.5. The maximum Gasteiger partial charge on any atom is 0.191 e. The van der Waals surface area contributed by atoms with Crippen molar-refractivity contribution >= 4 is 94.6 Å². The van der Waals surface area contributed by atoms with Crippen LogP contribution < -0.4 is 26.7 Å². The smallest absolute Gasteiger partial charge is 0.191 e. The summed E-state index contributed by atoms with van der Waals surface area (Å²) in [7, 11) is -3.51. The van der Waals surface area contributed by atoms with Crippen LogP contribution in [0.3, 0.4) is 0 Å². The monoisotopic (exact) mass is 1360 g/mol. The Labute approximate surface area is 567 Å². The zero-order valence-corrected chi connectivity index (χ0v) is 57.0. The first kappa shape index (κ1) is 67.8. The van der Waals surface area contributed by atoms with Gasteiger partial charge in [0, 0.05) is 24.3 Å². The van der Waals surface area contributed by atoms with Gasteiger partial charge in [0.1, 0.15) is 117 Å². The first-order valence-electron chi connectivity index (χ1n) is 33.1. The van der Waals surface area contributed by atoms with Gasteiger partial charge >= 0.3 is 0 Å². The molecule has 9 aromatic rings. The van der Waals surface area contributed by atoms with Crippen LogP contribution in [0.25, 0.3) is 33.1 Å². The van der Waals surface area contributed by atoms with Crippen LogP contribution in [0.5, 0.6) is 11.5 Å². The van der Waals surface area contributed by atoms with Crippen molar-refractivity contribution in [2.24, 2.45) is 26.8 Å². The van der Waals surface area contributed by atoms with E-state index in [1.54, 1.807) is 43.7 Å². The van der Waals surface area contributed by atoms with Gasteiger partial charge in [0.05, 0.1) is 68.6 Å². The van der Waals surface area contributed by atoms with E-state index in [0.717, 1.165) is 74.6 Å². The highest BCUT2D eigenvalue weighted by molar-refractivity contribution is 7.93. The van der Waals surface area contributed by atoms with Crippen molar-refractivity contribution in [2.75, 3.05) is 17.2 Å². The number of rotatable bonds is 12. The van der Waals surface area contributed by atoms with Crippen molar-refractivity contribution in [1.82, 2.24) is 43.6 Å². The SMILES string of the molecule is CC1=Nc2cc(CC[C@H]3C[C@@H](n4ccc5c(N)ncnc54)[C@H](O)[C@@H]3O)ccc2OC1(C)C.CC1=Nc2cc(CC[C@H]3C[C@@H](n4ccc5c(N)ncnc54)[C@H](O)[C@@H]3O)ccc2S(=O)(=O)C1(C)C.CC1=Nc2cc(CC[C@H]3O[C@@H](n4ccc5c(N)ncnc54)[C@H](O)[C@@H]3O)ccc2OC1(C)C. The minimum absolute atomic E-state index is 0.0249. The average molecular weight is 1360 g/mol. The second kappa shape index (κ2) is 25.8. The quantitative estimate of drug-likeness (QED) is 0.0555. The highest BCUT2D eigenvalue weighted by Crippen LogP contribution is 2.45. The van der Waals surface area contributed by atoms with E-state index < -0.39 is 74.7 Å². The number of nitrogens with zero attached hydrogens (tertiary/aromatic N) is 12. The van der Waals surface area contributed by atoms with Crippen LogP contribution >= 0.6 is 0 Å². The lowest BCUT2D eigenvalue weighted by Crippen LogP contribution is -2.41. The summed E-state index contributed by atoms with van der Waals surface area (Å²) in [5.41, 5.74) is 26.6. The summed E-state index contributed by atoms with van der Waals surface area (Å²) in [6, 6.07) is 22.2. The summed E-state index contributed by atoms with van der Waals surface area (Å²) >= 11 is 0. The summed E-state index contributed by atoms with van der Waals surface area (Å²) in [5.74, 6) is 2.55. The third-order valence-corrected chi connectivity index (χ3v) is 23.6. The molecular formula is C71H85N15O11S. The Hall–Kier alpha value is -8.80. The molecule has 4 aliphatic heterocycles. The minimum Gasteiger partial charge on any atom is -0.480 e. The normalized spacial score (nSPS) is 26.9. The summed E-state index contributed by atoms with van der Waals surface area (Å²) in [5, 5.41) is 66.5. The lowest BCUT2D eigenvalue weighted by molar-refractivity contribution is -0.0364. The molecular weight excluding hydrogens is 1270 g/mol. The fourth-order valence-electron chi connectivity index (χ4n) is 14.2. The number of nitrogen functional groups attached to an aromatic ring is 3. The van der Waals surface area contributed by atoms with Gasteiger partial charge in [-0.05, 0) is 197 Å². The molecule has 0 unspecified atom stereocenters. The molecule has 26 nitrogen and oxygen atoms in total. The highest BCUT2D eigenvalue weighted by atomic mass is 32.2. The van der Waals surface area contributed by atoms with Crippen molar-refractivity contribution in [3.63, 3.8) is 0 Å². The maximum absolute atomic E-state index is 13.0. The van der Waals surface area contributed by atoms with Gasteiger partial charge in [-0.2, -0.15) is 0 Å². The summed E-state index contributed by atoms with van der Waals surface area (Å²) < 4.78 is 48.6. The zero-order valence-electron chi connectivity index (χ0n) is 56.2. The number of aromatic nitrogens is 9. The van der Waals surface area contributed by atoms with Gasteiger partial charge in [-0.25, -0.2) is 38.3 Å². The largest absolute Gasteiger partial charge is 0.480 e. The number of aliphatic hydroxyl groups excluding tert-OH is 6.